The van der Waals surface area contributed by atoms with Crippen LogP contribution in [0.5, 0.6) is 5.75 Å². The largest absolute Gasteiger partial charge is 0.492 e. The number of anilines is 1. The summed E-state index contributed by atoms with van der Waals surface area (Å²) in [6.07, 6.45) is 3.15. The molecule has 7 nitrogen and oxygen atoms in total. The molecule has 1 amide bonds. The van der Waals surface area contributed by atoms with E-state index in [2.05, 4.69) is 27.1 Å². The van der Waals surface area contributed by atoms with Crippen LogP contribution in [0.25, 0.3) is 11.3 Å². The minimum atomic E-state index is -0.155. The van der Waals surface area contributed by atoms with Crippen LogP contribution in [0.1, 0.15) is 17.8 Å². The lowest BCUT2D eigenvalue weighted by molar-refractivity contribution is -0.113. The lowest BCUT2D eigenvalue weighted by atomic mass is 10.1. The molecule has 0 atom stereocenters. The van der Waals surface area contributed by atoms with Crippen molar-refractivity contribution in [3.63, 3.8) is 0 Å². The minimum Gasteiger partial charge on any atom is -0.492 e. The number of nitrogens with zero attached hydrogens (tertiary/aromatic N) is 4. The number of benzene rings is 2. The Morgan fingerprint density at radius 1 is 1.22 bits per heavy atom. The van der Waals surface area contributed by atoms with Crippen molar-refractivity contribution in [1.29, 1.82) is 0 Å². The third-order valence-electron chi connectivity index (χ3n) is 5.23. The number of thioether (sulfide) groups is 1. The number of aryl methyl sites for hydroxylation is 2. The number of aromatic nitrogens is 4. The van der Waals surface area contributed by atoms with E-state index in [1.165, 1.54) is 28.7 Å². The van der Waals surface area contributed by atoms with Crippen LogP contribution in [0.3, 0.4) is 0 Å². The summed E-state index contributed by atoms with van der Waals surface area (Å²) in [6.45, 7) is 6.88. The Morgan fingerprint density at radius 3 is 2.78 bits per heavy atom. The molecular formula is C26H25Cl2N5O2S2. The molecule has 4 aromatic rings. The second kappa shape index (κ2) is 13.1. The fraction of sp³-hybridized carbons (Fsp3) is 0.231. The highest BCUT2D eigenvalue weighted by molar-refractivity contribution is 7.99. The molecule has 4 rings (SSSR count). The lowest BCUT2D eigenvalue weighted by Crippen LogP contribution is -2.14. The van der Waals surface area contributed by atoms with Gasteiger partial charge < -0.3 is 14.6 Å². The van der Waals surface area contributed by atoms with Gasteiger partial charge in [-0.3, -0.25) is 4.79 Å². The van der Waals surface area contributed by atoms with Crippen molar-refractivity contribution in [1.82, 2.24) is 19.7 Å². The molecule has 0 spiro atoms. The van der Waals surface area contributed by atoms with E-state index in [1.54, 1.807) is 24.3 Å². The molecule has 0 saturated heterocycles. The van der Waals surface area contributed by atoms with Crippen LogP contribution in [0.15, 0.2) is 65.7 Å². The molecule has 0 unspecified atom stereocenters. The van der Waals surface area contributed by atoms with Crippen molar-refractivity contribution < 1.29 is 9.53 Å². The Kier molecular flexibility index (Phi) is 9.62. The zero-order valence-electron chi connectivity index (χ0n) is 20.1. The standard InChI is InChI=1S/C26H25Cl2N5O2S2/c1-3-12-33-23(5-4-13-35-22-11-10-19(27)14-20(22)28)31-32-26(33)37-16-24(34)30-25-29-21(15-36-25)18-8-6-17(2)7-9-18/h3,6-11,14-15H,1,4-5,12-13,16H2,2H3,(H,29,30,34). The third kappa shape index (κ3) is 7.58. The first-order valence-corrected chi connectivity index (χ1v) is 14.1. The molecule has 0 radical (unpaired) electrons. The van der Waals surface area contributed by atoms with Crippen LogP contribution in [0.2, 0.25) is 10.0 Å². The van der Waals surface area contributed by atoms with E-state index in [0.717, 1.165) is 17.1 Å². The third-order valence-corrected chi connectivity index (χ3v) is 7.49. The van der Waals surface area contributed by atoms with Crippen molar-refractivity contribution in [2.75, 3.05) is 17.7 Å². The van der Waals surface area contributed by atoms with E-state index in [-0.39, 0.29) is 11.7 Å². The topological polar surface area (TPSA) is 81.9 Å². The van der Waals surface area contributed by atoms with Crippen LogP contribution >= 0.6 is 46.3 Å². The van der Waals surface area contributed by atoms with Gasteiger partial charge in [0.1, 0.15) is 11.6 Å². The number of ether oxygens (including phenoxy) is 1. The summed E-state index contributed by atoms with van der Waals surface area (Å²) >= 11 is 14.8. The monoisotopic (exact) mass is 573 g/mol. The van der Waals surface area contributed by atoms with Crippen molar-refractivity contribution in [3.8, 4) is 17.0 Å². The summed E-state index contributed by atoms with van der Waals surface area (Å²) in [5.41, 5.74) is 3.04. The fourth-order valence-corrected chi connectivity index (χ4v) is 5.37. The maximum Gasteiger partial charge on any atom is 0.236 e. The highest BCUT2D eigenvalue weighted by atomic mass is 35.5. The zero-order chi connectivity index (χ0) is 26.2. The van der Waals surface area contributed by atoms with E-state index >= 15 is 0 Å². The molecule has 0 bridgehead atoms. The Bertz CT molecular complexity index is 1370. The fourth-order valence-electron chi connectivity index (χ4n) is 3.40. The SMILES string of the molecule is C=CCn1c(CCCOc2ccc(Cl)cc2Cl)nnc1SCC(=O)Nc1nc(-c2ccc(C)cc2)cs1. The summed E-state index contributed by atoms with van der Waals surface area (Å²) in [6, 6.07) is 13.3. The molecule has 11 heteroatoms. The van der Waals surface area contributed by atoms with Gasteiger partial charge in [-0.15, -0.1) is 28.1 Å². The van der Waals surface area contributed by atoms with Gasteiger partial charge in [-0.1, -0.05) is 70.9 Å². The van der Waals surface area contributed by atoms with Gasteiger partial charge >= 0.3 is 0 Å². The Hall–Kier alpha value is -2.85. The molecule has 0 saturated carbocycles. The highest BCUT2D eigenvalue weighted by Crippen LogP contribution is 2.28. The molecule has 0 fully saturated rings. The molecule has 2 heterocycles. The maximum absolute atomic E-state index is 12.6. The van der Waals surface area contributed by atoms with Crippen LogP contribution in [0, 0.1) is 6.92 Å². The van der Waals surface area contributed by atoms with Crippen molar-refractivity contribution in [2.24, 2.45) is 0 Å². The van der Waals surface area contributed by atoms with Gasteiger partial charge in [0.2, 0.25) is 5.91 Å². The van der Waals surface area contributed by atoms with E-state index < -0.39 is 0 Å². The van der Waals surface area contributed by atoms with Gasteiger partial charge in [0, 0.05) is 28.9 Å². The molecule has 2 aromatic heterocycles. The van der Waals surface area contributed by atoms with E-state index in [4.69, 9.17) is 27.9 Å². The smallest absolute Gasteiger partial charge is 0.236 e. The molecule has 0 aliphatic rings. The molecule has 37 heavy (non-hydrogen) atoms. The zero-order valence-corrected chi connectivity index (χ0v) is 23.3. The Morgan fingerprint density at radius 2 is 2.03 bits per heavy atom. The quantitative estimate of drug-likeness (QED) is 0.112. The minimum absolute atomic E-state index is 0.155. The average Bonchev–Trinajstić information content (AvgIpc) is 3.49. The lowest BCUT2D eigenvalue weighted by Gasteiger charge is -2.09. The first-order chi connectivity index (χ1) is 17.9. The van der Waals surface area contributed by atoms with Crippen molar-refractivity contribution in [3.05, 3.63) is 81.9 Å². The van der Waals surface area contributed by atoms with Gasteiger partial charge in [0.15, 0.2) is 10.3 Å². The van der Waals surface area contributed by atoms with Gasteiger partial charge in [0.25, 0.3) is 0 Å². The van der Waals surface area contributed by atoms with Crippen LogP contribution in [-0.2, 0) is 17.8 Å². The number of allylic oxidation sites excluding steroid dienone is 1. The number of nitrogens with one attached hydrogen (secondary N) is 1. The summed E-state index contributed by atoms with van der Waals surface area (Å²) in [4.78, 5) is 17.1. The first kappa shape index (κ1) is 27.2. The second-order valence-corrected chi connectivity index (χ2v) is 10.7. The van der Waals surface area contributed by atoms with E-state index in [0.29, 0.717) is 52.1 Å². The predicted molar refractivity (Wildman–Crippen MR) is 152 cm³/mol. The summed E-state index contributed by atoms with van der Waals surface area (Å²) in [5.74, 6) is 1.42. The molecule has 1 N–H and O–H groups in total. The summed E-state index contributed by atoms with van der Waals surface area (Å²) in [5, 5.41) is 15.7. The number of amides is 1. The van der Waals surface area contributed by atoms with Gasteiger partial charge in [-0.05, 0) is 31.5 Å². The van der Waals surface area contributed by atoms with Crippen LogP contribution < -0.4 is 10.1 Å². The molecule has 192 valence electrons. The molecular weight excluding hydrogens is 549 g/mol. The summed E-state index contributed by atoms with van der Waals surface area (Å²) in [7, 11) is 0. The first-order valence-electron chi connectivity index (χ1n) is 11.5. The number of hydrogen-bond acceptors (Lipinski definition) is 7. The van der Waals surface area contributed by atoms with E-state index in [9.17, 15) is 4.79 Å². The number of rotatable bonds is 12. The predicted octanol–water partition coefficient (Wildman–Crippen LogP) is 6.95. The average molecular weight is 575 g/mol. The Balaban J connectivity index is 1.28. The van der Waals surface area contributed by atoms with E-state index in [1.807, 2.05) is 41.1 Å². The molecule has 0 aliphatic heterocycles. The number of halogens is 2. The molecule has 2 aromatic carbocycles. The van der Waals surface area contributed by atoms with Crippen molar-refractivity contribution >= 4 is 57.3 Å². The number of thiazole rings is 1. The number of carbonyl (C=O) groups is 1. The molecule has 0 aliphatic carbocycles. The number of carbonyl (C=O) groups excluding carboxylic acids is 1. The van der Waals surface area contributed by atoms with Crippen LogP contribution in [0.4, 0.5) is 5.13 Å². The van der Waals surface area contributed by atoms with Gasteiger partial charge in [-0.25, -0.2) is 4.98 Å². The maximum atomic E-state index is 12.6. The summed E-state index contributed by atoms with van der Waals surface area (Å²) < 4.78 is 7.72. The van der Waals surface area contributed by atoms with Gasteiger partial charge in [0.05, 0.1) is 23.1 Å². The van der Waals surface area contributed by atoms with Gasteiger partial charge in [-0.2, -0.15) is 0 Å². The van der Waals surface area contributed by atoms with Crippen molar-refractivity contribution in [2.45, 2.75) is 31.5 Å². The Labute approximate surface area is 233 Å². The number of hydrogen-bond donors (Lipinski definition) is 1. The highest BCUT2D eigenvalue weighted by Gasteiger charge is 2.15. The second-order valence-electron chi connectivity index (χ2n) is 8.07. The van der Waals surface area contributed by atoms with Crippen LogP contribution in [-0.4, -0.2) is 38.0 Å². The normalized spacial score (nSPS) is 10.9.